The molecule has 2 rings (SSSR count). The zero-order valence-electron chi connectivity index (χ0n) is 6.86. The van der Waals surface area contributed by atoms with Gasteiger partial charge in [-0.15, -0.1) is 0 Å². The number of carbonyl (C=O) groups excluding carboxylic acids is 1. The topological polar surface area (TPSA) is 17.1 Å². The Morgan fingerprint density at radius 1 is 1.33 bits per heavy atom. The van der Waals surface area contributed by atoms with Crippen LogP contribution in [0.4, 0.5) is 0 Å². The summed E-state index contributed by atoms with van der Waals surface area (Å²) in [5.74, 6) is 1.09. The van der Waals surface area contributed by atoms with Crippen LogP contribution < -0.4 is 0 Å². The Morgan fingerprint density at radius 3 is 3.00 bits per heavy atom. The number of benzene rings is 1. The van der Waals surface area contributed by atoms with E-state index in [2.05, 4.69) is 18.2 Å². The Balaban J connectivity index is 2.43. The van der Waals surface area contributed by atoms with Crippen LogP contribution in [-0.2, 0) is 11.2 Å². The molecule has 0 fully saturated rings. The monoisotopic (exact) mass is 180 g/mol. The second kappa shape index (κ2) is 3.31. The second-order valence-electron chi connectivity index (χ2n) is 3.03. The SMILES string of the molecule is O=C[SH]1CCCc2ccccc21. The number of rotatable bonds is 1. The van der Waals surface area contributed by atoms with Gasteiger partial charge in [-0.1, -0.05) is 18.2 Å². The third kappa shape index (κ3) is 1.27. The largest absolute Gasteiger partial charge is 0.292 e. The van der Waals surface area contributed by atoms with Crippen LogP contribution in [0.2, 0.25) is 0 Å². The predicted molar refractivity (Wildman–Crippen MR) is 53.6 cm³/mol. The maximum atomic E-state index is 10.8. The van der Waals surface area contributed by atoms with E-state index in [1.165, 1.54) is 16.9 Å². The number of aryl methyl sites for hydroxylation is 1. The molecule has 1 aromatic carbocycles. The lowest BCUT2D eigenvalue weighted by Crippen LogP contribution is -2.04. The molecule has 1 atom stereocenters. The van der Waals surface area contributed by atoms with Gasteiger partial charge in [0.05, 0.1) is 0 Å². The number of fused-ring (bicyclic) bond motifs is 1. The van der Waals surface area contributed by atoms with E-state index >= 15 is 0 Å². The fourth-order valence-corrected chi connectivity index (χ4v) is 3.46. The van der Waals surface area contributed by atoms with Gasteiger partial charge in [0.2, 0.25) is 0 Å². The third-order valence-electron chi connectivity index (χ3n) is 2.27. The van der Waals surface area contributed by atoms with Gasteiger partial charge >= 0.3 is 0 Å². The van der Waals surface area contributed by atoms with E-state index in [1.54, 1.807) is 0 Å². The fraction of sp³-hybridized carbons (Fsp3) is 0.300. The molecule has 1 heterocycles. The first kappa shape index (κ1) is 7.87. The molecule has 1 aromatic rings. The third-order valence-corrected chi connectivity index (χ3v) is 4.38. The molecule has 12 heavy (non-hydrogen) atoms. The summed E-state index contributed by atoms with van der Waals surface area (Å²) in [6, 6.07) is 8.34. The van der Waals surface area contributed by atoms with Crippen molar-refractivity contribution < 1.29 is 4.79 Å². The predicted octanol–water partition coefficient (Wildman–Crippen LogP) is 2.18. The van der Waals surface area contributed by atoms with E-state index in [0.717, 1.165) is 17.8 Å². The van der Waals surface area contributed by atoms with E-state index in [-0.39, 0.29) is 0 Å². The maximum Gasteiger partial charge on any atom is 0.160 e. The minimum atomic E-state index is -0.466. The molecular formula is C10H12OS. The first-order chi connectivity index (χ1) is 5.92. The van der Waals surface area contributed by atoms with Crippen molar-refractivity contribution in [1.29, 1.82) is 0 Å². The molecule has 0 N–H and O–H groups in total. The Morgan fingerprint density at radius 2 is 2.17 bits per heavy atom. The lowest BCUT2D eigenvalue weighted by atomic mass is 10.1. The van der Waals surface area contributed by atoms with Crippen LogP contribution in [0.5, 0.6) is 0 Å². The summed E-state index contributed by atoms with van der Waals surface area (Å²) in [7, 11) is -0.466. The lowest BCUT2D eigenvalue weighted by Gasteiger charge is -2.23. The average molecular weight is 180 g/mol. The van der Waals surface area contributed by atoms with Crippen LogP contribution in [0.3, 0.4) is 0 Å². The normalized spacial score (nSPS) is 24.5. The molecule has 0 aliphatic carbocycles. The van der Waals surface area contributed by atoms with Crippen molar-refractivity contribution in [3.05, 3.63) is 29.8 Å². The van der Waals surface area contributed by atoms with Crippen molar-refractivity contribution in [3.63, 3.8) is 0 Å². The Labute approximate surface area is 75.1 Å². The molecule has 0 spiro atoms. The molecule has 0 saturated heterocycles. The van der Waals surface area contributed by atoms with Gasteiger partial charge in [-0.25, -0.2) is 0 Å². The molecular weight excluding hydrogens is 168 g/mol. The van der Waals surface area contributed by atoms with Crippen molar-refractivity contribution in [2.24, 2.45) is 0 Å². The van der Waals surface area contributed by atoms with Gasteiger partial charge in [-0.05, 0) is 35.1 Å². The number of thiol groups is 1. The Kier molecular flexibility index (Phi) is 2.17. The first-order valence-corrected chi connectivity index (χ1v) is 5.81. The Hall–Kier alpha value is -0.760. The summed E-state index contributed by atoms with van der Waals surface area (Å²) in [5.41, 5.74) is 2.54. The summed E-state index contributed by atoms with van der Waals surface area (Å²) >= 11 is 0. The molecule has 1 nitrogen and oxygen atoms in total. The highest BCUT2D eigenvalue weighted by Crippen LogP contribution is 2.40. The molecule has 64 valence electrons. The molecule has 0 saturated carbocycles. The highest BCUT2D eigenvalue weighted by Gasteiger charge is 2.14. The van der Waals surface area contributed by atoms with Gasteiger partial charge in [-0.3, -0.25) is 4.79 Å². The number of hydrogen-bond acceptors (Lipinski definition) is 1. The molecule has 0 aromatic heterocycles. The molecule has 0 radical (unpaired) electrons. The van der Waals surface area contributed by atoms with Gasteiger partial charge in [-0.2, -0.15) is 10.9 Å². The van der Waals surface area contributed by atoms with Crippen molar-refractivity contribution in [3.8, 4) is 0 Å². The molecule has 1 unspecified atom stereocenters. The van der Waals surface area contributed by atoms with E-state index < -0.39 is 10.9 Å². The van der Waals surface area contributed by atoms with Gasteiger partial charge in [0, 0.05) is 0 Å². The van der Waals surface area contributed by atoms with E-state index in [1.807, 2.05) is 6.07 Å². The molecule has 1 aliphatic rings. The summed E-state index contributed by atoms with van der Waals surface area (Å²) < 4.78 is 0. The maximum absolute atomic E-state index is 10.8. The standard InChI is InChI=1S/C10H12OS/c11-8-12-7-3-5-9-4-1-2-6-10(9)12/h1-2,4,6,8,12H,3,5,7H2. The zero-order chi connectivity index (χ0) is 8.39. The van der Waals surface area contributed by atoms with Crippen LogP contribution in [0, 0.1) is 0 Å². The first-order valence-electron chi connectivity index (χ1n) is 4.21. The summed E-state index contributed by atoms with van der Waals surface area (Å²) in [6.07, 6.45) is 2.34. The smallest absolute Gasteiger partial charge is 0.160 e. The van der Waals surface area contributed by atoms with Gasteiger partial charge < -0.3 is 0 Å². The van der Waals surface area contributed by atoms with E-state index in [4.69, 9.17) is 0 Å². The molecule has 0 amide bonds. The minimum Gasteiger partial charge on any atom is -0.292 e. The number of hydrogen-bond donors (Lipinski definition) is 1. The van der Waals surface area contributed by atoms with Crippen LogP contribution in [0.1, 0.15) is 12.0 Å². The minimum absolute atomic E-state index is 0.466. The van der Waals surface area contributed by atoms with Crippen LogP contribution in [0.15, 0.2) is 29.2 Å². The summed E-state index contributed by atoms with van der Waals surface area (Å²) in [5, 5.41) is 0. The highest BCUT2D eigenvalue weighted by atomic mass is 32.2. The van der Waals surface area contributed by atoms with Crippen molar-refractivity contribution in [1.82, 2.24) is 0 Å². The highest BCUT2D eigenvalue weighted by molar-refractivity contribution is 8.28. The average Bonchev–Trinajstić information content (AvgIpc) is 2.17. The number of carbonyl (C=O) groups is 1. The quantitative estimate of drug-likeness (QED) is 0.518. The van der Waals surface area contributed by atoms with E-state index in [0.29, 0.717) is 0 Å². The Bertz CT molecular complexity index is 296. The molecule has 2 heteroatoms. The fourth-order valence-electron chi connectivity index (χ4n) is 1.67. The lowest BCUT2D eigenvalue weighted by molar-refractivity contribution is 0.569. The van der Waals surface area contributed by atoms with Gasteiger partial charge in [0.15, 0.2) is 5.62 Å². The second-order valence-corrected chi connectivity index (χ2v) is 5.11. The van der Waals surface area contributed by atoms with Gasteiger partial charge in [0.1, 0.15) is 0 Å². The van der Waals surface area contributed by atoms with Crippen molar-refractivity contribution >= 4 is 16.5 Å². The summed E-state index contributed by atoms with van der Waals surface area (Å²) in [6.45, 7) is 0. The van der Waals surface area contributed by atoms with Crippen LogP contribution >= 0.6 is 10.9 Å². The molecule has 1 aliphatic heterocycles. The van der Waals surface area contributed by atoms with Gasteiger partial charge in [0.25, 0.3) is 0 Å². The van der Waals surface area contributed by atoms with E-state index in [9.17, 15) is 4.79 Å². The van der Waals surface area contributed by atoms with Crippen molar-refractivity contribution in [2.45, 2.75) is 17.7 Å². The van der Waals surface area contributed by atoms with Crippen LogP contribution in [0.25, 0.3) is 0 Å². The van der Waals surface area contributed by atoms with Crippen LogP contribution in [-0.4, -0.2) is 11.4 Å². The summed E-state index contributed by atoms with van der Waals surface area (Å²) in [4.78, 5) is 12.1. The molecule has 0 bridgehead atoms. The van der Waals surface area contributed by atoms with Crippen molar-refractivity contribution in [2.75, 3.05) is 5.75 Å². The zero-order valence-corrected chi connectivity index (χ0v) is 7.76.